The number of benzene rings is 5. The summed E-state index contributed by atoms with van der Waals surface area (Å²) in [6.07, 6.45) is 19.2. The van der Waals surface area contributed by atoms with Crippen molar-refractivity contribution in [3.8, 4) is 29.3 Å². The third kappa shape index (κ3) is 11.0. The number of anilines is 1. The summed E-state index contributed by atoms with van der Waals surface area (Å²) in [4.78, 5) is 18.4. The lowest BCUT2D eigenvalue weighted by Crippen LogP contribution is -2.36. The highest BCUT2D eigenvalue weighted by molar-refractivity contribution is 6.04. The number of aryl methyl sites for hydroxylation is 3. The standard InChI is InChI=1S/C65H71N3O9/c1-5-75-28-25-41-11-8-14-44(30-41)54-22-19-45-33-43(13-7-6-10-40-12-9-15-47(31-40)68-64(66)67-3)46(35-55(45)70)34-49-36-48(69)20-17-42-18-23-57(74-4)58(32-42)77-38-53-50-21-16-39(2)52-37-56(71)62-61(59(50)52)51(60(53)63(72)73)24-26-65(54,62)27-29-76-49/h8-9,11-12,14-16,18-19,21-23,30-33,35,37,39,43,46,49,54,63,70-73H,5-7,10,13,17,20,24-26,28,34,36,38H2,1-4H3,(H3,66,67,68)/b22-19+/t39-,43-,46-,49+,54+,65-/m1/s1. The van der Waals surface area contributed by atoms with Gasteiger partial charge in [0.25, 0.3) is 0 Å². The van der Waals surface area contributed by atoms with E-state index in [0.29, 0.717) is 90.6 Å². The number of aliphatic hydroxyl groups excluding tert-OH is 2. The quantitative estimate of drug-likeness (QED) is 0.0217. The summed E-state index contributed by atoms with van der Waals surface area (Å²) in [7, 11) is 3.23. The number of unbranched alkanes of at least 4 members (excludes halogenated alkanes) is 1. The summed E-state index contributed by atoms with van der Waals surface area (Å²) in [5.41, 5.74) is 14.3. The van der Waals surface area contributed by atoms with Crippen LogP contribution in [0.5, 0.6) is 17.2 Å². The van der Waals surface area contributed by atoms with Gasteiger partial charge in [0.05, 0.1) is 19.1 Å². The molecule has 5 aromatic carbocycles. The number of nitrogens with zero attached hydrogens (tertiary/aromatic N) is 1. The Morgan fingerprint density at radius 2 is 1.78 bits per heavy atom. The summed E-state index contributed by atoms with van der Waals surface area (Å²) in [5, 5.41) is 53.0. The van der Waals surface area contributed by atoms with E-state index in [1.54, 1.807) is 14.2 Å². The number of phenols is 1. The second-order valence-electron chi connectivity index (χ2n) is 21.3. The Morgan fingerprint density at radius 1 is 0.948 bits per heavy atom. The molecule has 4 aliphatic heterocycles. The Morgan fingerprint density at radius 3 is 2.58 bits per heavy atom. The zero-order valence-electron chi connectivity index (χ0n) is 44.6. The summed E-state index contributed by atoms with van der Waals surface area (Å²) in [6, 6.07) is 24.2. The average molecular weight is 1040 g/mol. The number of Topliss-reactive ketones (excluding diaryl/α,β-unsaturated/α-hetero) is 1. The summed E-state index contributed by atoms with van der Waals surface area (Å²) in [6.45, 7) is 5.21. The van der Waals surface area contributed by atoms with E-state index >= 15 is 0 Å². The molecule has 3 aliphatic carbocycles. The van der Waals surface area contributed by atoms with Crippen molar-refractivity contribution in [1.29, 1.82) is 0 Å². The van der Waals surface area contributed by atoms with Crippen LogP contribution in [0.1, 0.15) is 133 Å². The highest BCUT2D eigenvalue weighted by Crippen LogP contribution is 2.57. The maximum absolute atomic E-state index is 14.4. The number of guanidine groups is 1. The Bertz CT molecular complexity index is 3280. The van der Waals surface area contributed by atoms with Gasteiger partial charge in [-0.3, -0.25) is 9.79 Å². The third-order valence-electron chi connectivity index (χ3n) is 16.5. The number of aromatic hydroxyl groups is 1. The molecule has 7 aliphatic rings. The molecule has 12 heteroatoms. The number of carbonyl (C=O) groups excluding carboxylic acids is 1. The Labute approximate surface area is 452 Å². The molecular weight excluding hydrogens is 967 g/mol. The van der Waals surface area contributed by atoms with Gasteiger partial charge in [-0.2, -0.15) is 0 Å². The molecule has 0 amide bonds. The topological polar surface area (TPSA) is 185 Å². The summed E-state index contributed by atoms with van der Waals surface area (Å²) < 4.78 is 25.1. The highest BCUT2D eigenvalue weighted by atomic mass is 16.5. The first-order chi connectivity index (χ1) is 37.4. The SMILES string of the molecule is CCOCCc1cccc([C@@H]2/C=C/C3=C[C@@H](CCCCc4cccc(NC(N)=NC)c4)[C@@H](C=C3O)C[C@H]3CC(=O)CCc4ccc(OC)c(c4)OCc4c(C(O)O)c5c6c(c(O)cc7c6c4C=C[C@H]7C)[C@@]2(C#CO3)CC5)c1. The van der Waals surface area contributed by atoms with Crippen LogP contribution in [0, 0.1) is 23.9 Å². The third-order valence-corrected chi connectivity index (χ3v) is 16.5. The fourth-order valence-corrected chi connectivity index (χ4v) is 12.7. The number of nitrogens with one attached hydrogen (secondary N) is 1. The molecule has 12 nitrogen and oxygen atoms in total. The number of aliphatic imine (C=N–C) groups is 1. The normalized spacial score (nSPS) is 23.2. The lowest BCUT2D eigenvalue weighted by atomic mass is 9.59. The minimum Gasteiger partial charge on any atom is -0.508 e. The minimum absolute atomic E-state index is 0.000836. The van der Waals surface area contributed by atoms with Crippen LogP contribution < -0.4 is 20.5 Å². The van der Waals surface area contributed by atoms with Gasteiger partial charge in [0.1, 0.15) is 36.1 Å². The Hall–Kier alpha value is -7.30. The van der Waals surface area contributed by atoms with E-state index in [-0.39, 0.29) is 54.5 Å². The maximum atomic E-state index is 14.4. The van der Waals surface area contributed by atoms with Crippen LogP contribution in [-0.4, -0.2) is 65.6 Å². The predicted octanol–water partition coefficient (Wildman–Crippen LogP) is 11.4. The zero-order chi connectivity index (χ0) is 53.8. The number of carbonyl (C=O) groups is 1. The number of ketones is 1. The average Bonchev–Trinajstić information content (AvgIpc) is 3.63. The molecule has 77 heavy (non-hydrogen) atoms. The molecule has 0 radical (unpaired) electrons. The summed E-state index contributed by atoms with van der Waals surface area (Å²) >= 11 is 0. The lowest BCUT2D eigenvalue weighted by molar-refractivity contribution is -0.121. The van der Waals surface area contributed by atoms with Gasteiger partial charge in [-0.15, -0.1) is 0 Å². The molecule has 0 fully saturated rings. The van der Waals surface area contributed by atoms with Crippen molar-refractivity contribution >= 4 is 34.3 Å². The number of hydrogen-bond donors (Lipinski definition) is 6. The minimum atomic E-state index is -1.88. The van der Waals surface area contributed by atoms with Crippen molar-refractivity contribution in [2.75, 3.05) is 32.7 Å². The number of allylic oxidation sites excluding steroid dienone is 5. The van der Waals surface area contributed by atoms with Gasteiger partial charge in [-0.05, 0) is 162 Å². The molecule has 1 spiro atoms. The molecule has 0 saturated carbocycles. The van der Waals surface area contributed by atoms with Crippen molar-refractivity contribution in [2.24, 2.45) is 22.6 Å². The van der Waals surface area contributed by atoms with E-state index in [0.717, 1.165) is 70.0 Å². The molecule has 11 bridgehead atoms. The first-order valence-electron chi connectivity index (χ1n) is 27.3. The largest absolute Gasteiger partial charge is 0.508 e. The van der Waals surface area contributed by atoms with Crippen LogP contribution in [0.4, 0.5) is 5.69 Å². The highest BCUT2D eigenvalue weighted by Gasteiger charge is 2.47. The van der Waals surface area contributed by atoms with E-state index in [2.05, 4.69) is 77.8 Å². The van der Waals surface area contributed by atoms with Gasteiger partial charge in [-0.25, -0.2) is 0 Å². The van der Waals surface area contributed by atoms with Gasteiger partial charge in [0.2, 0.25) is 0 Å². The van der Waals surface area contributed by atoms with Gasteiger partial charge in [-0.1, -0.05) is 86.2 Å². The second kappa shape index (κ2) is 23.1. The maximum Gasteiger partial charge on any atom is 0.192 e. The van der Waals surface area contributed by atoms with Crippen molar-refractivity contribution in [3.05, 3.63) is 170 Å². The molecule has 5 aromatic rings. The molecule has 4 heterocycles. The number of nitrogens with two attached hydrogens (primary N) is 1. The van der Waals surface area contributed by atoms with Crippen molar-refractivity contribution in [2.45, 2.75) is 121 Å². The van der Waals surface area contributed by atoms with E-state index in [4.69, 9.17) is 24.7 Å². The van der Waals surface area contributed by atoms with Crippen LogP contribution in [0.15, 0.2) is 120 Å². The predicted molar refractivity (Wildman–Crippen MR) is 302 cm³/mol. The molecule has 6 atom stereocenters. The smallest absolute Gasteiger partial charge is 0.192 e. The number of ether oxygens (including phenoxy) is 4. The zero-order valence-corrected chi connectivity index (χ0v) is 44.6. The first kappa shape index (κ1) is 53.1. The van der Waals surface area contributed by atoms with E-state index in [9.17, 15) is 25.2 Å². The number of rotatable bonds is 13. The van der Waals surface area contributed by atoms with Crippen molar-refractivity contribution < 1.29 is 44.2 Å². The van der Waals surface area contributed by atoms with Crippen LogP contribution in [0.2, 0.25) is 0 Å². The number of fused-ring (bicyclic) bond motifs is 6. The molecule has 7 N–H and O–H groups in total. The first-order valence-corrected chi connectivity index (χ1v) is 27.3. The number of aliphatic hydroxyl groups is 3. The molecular formula is C65H71N3O9. The number of phenolic OH excluding ortho intramolecular Hbond substituents is 1. The van der Waals surface area contributed by atoms with Crippen molar-refractivity contribution in [1.82, 2.24) is 0 Å². The van der Waals surface area contributed by atoms with E-state index in [1.807, 2.05) is 67.6 Å². The second-order valence-corrected chi connectivity index (χ2v) is 21.3. The fraction of sp³-hybridized carbons (Fsp3) is 0.385. The van der Waals surface area contributed by atoms with Gasteiger partial charge >= 0.3 is 0 Å². The molecule has 0 saturated heterocycles. The summed E-state index contributed by atoms with van der Waals surface area (Å²) in [5.74, 6) is 4.44. The molecule has 12 rings (SSSR count). The van der Waals surface area contributed by atoms with Crippen LogP contribution in [-0.2, 0) is 52.0 Å². The number of hydrogen-bond acceptors (Lipinski definition) is 10. The van der Waals surface area contributed by atoms with Gasteiger partial charge in [0, 0.05) is 66.3 Å². The Kier molecular flexibility index (Phi) is 15.9. The fourth-order valence-electron chi connectivity index (χ4n) is 12.7. The van der Waals surface area contributed by atoms with Gasteiger partial charge in [0.15, 0.2) is 23.7 Å². The molecule has 0 aromatic heterocycles. The van der Waals surface area contributed by atoms with Crippen molar-refractivity contribution in [3.63, 3.8) is 0 Å². The number of methoxy groups -OCH3 is 1. The van der Waals surface area contributed by atoms with Gasteiger partial charge < -0.3 is 50.4 Å². The van der Waals surface area contributed by atoms with Crippen LogP contribution in [0.25, 0.3) is 16.8 Å². The van der Waals surface area contributed by atoms with E-state index < -0.39 is 23.7 Å². The monoisotopic (exact) mass is 1040 g/mol. The molecule has 0 unspecified atom stereocenters. The lowest BCUT2D eigenvalue weighted by Gasteiger charge is -2.42. The van der Waals surface area contributed by atoms with Crippen LogP contribution >= 0.6 is 0 Å². The molecule has 400 valence electrons. The van der Waals surface area contributed by atoms with Crippen LogP contribution in [0.3, 0.4) is 0 Å². The van der Waals surface area contributed by atoms with E-state index in [1.165, 1.54) is 5.56 Å². The Balaban J connectivity index is 1.16.